The molecule has 0 radical (unpaired) electrons. The molecular weight excluding hydrogens is 604 g/mol. The lowest BCUT2D eigenvalue weighted by Gasteiger charge is -2.09. The maximum Gasteiger partial charge on any atom is 0.183 e. The number of aromatic nitrogens is 10. The van der Waals surface area contributed by atoms with Gasteiger partial charge in [-0.15, -0.1) is 20.4 Å². The molecule has 0 bridgehead atoms. The van der Waals surface area contributed by atoms with E-state index in [4.69, 9.17) is 21.1 Å². The minimum atomic E-state index is 0. The van der Waals surface area contributed by atoms with E-state index >= 15 is 0 Å². The molecule has 0 saturated carbocycles. The normalized spacial score (nSPS) is 10.7. The topological polar surface area (TPSA) is 116 Å². The van der Waals surface area contributed by atoms with Gasteiger partial charge in [-0.3, -0.25) is 9.36 Å². The Labute approximate surface area is 274 Å². The maximum atomic E-state index is 6.42. The highest BCUT2D eigenvalue weighted by Crippen LogP contribution is 2.29. The molecule has 0 saturated heterocycles. The van der Waals surface area contributed by atoms with E-state index < -0.39 is 0 Å². The molecule has 0 aliphatic carbocycles. The summed E-state index contributed by atoms with van der Waals surface area (Å²) in [7, 11) is 3.32. The fraction of sp³-hybridized carbons (Fsp3) is 0.333. The van der Waals surface area contributed by atoms with Crippen molar-refractivity contribution in [3.8, 4) is 34.5 Å². The first-order chi connectivity index (χ1) is 21.8. The van der Waals surface area contributed by atoms with Crippen LogP contribution in [0.4, 0.5) is 0 Å². The smallest absolute Gasteiger partial charge is 0.183 e. The molecule has 12 nitrogen and oxygen atoms in total. The van der Waals surface area contributed by atoms with Crippen molar-refractivity contribution in [3.05, 3.63) is 94.8 Å². The van der Waals surface area contributed by atoms with Gasteiger partial charge in [-0.25, -0.2) is 0 Å². The van der Waals surface area contributed by atoms with Crippen LogP contribution in [0.3, 0.4) is 0 Å². The van der Waals surface area contributed by atoms with Crippen molar-refractivity contribution in [2.45, 2.75) is 61.3 Å². The molecule has 0 N–H and O–H groups in total. The molecule has 13 heteroatoms. The summed E-state index contributed by atoms with van der Waals surface area (Å²) in [4.78, 5) is 0. The number of ether oxygens (including phenoxy) is 2. The molecule has 2 aromatic carbocycles. The highest BCUT2D eigenvalue weighted by Gasteiger charge is 2.20. The minimum Gasteiger partial charge on any atom is -0.497 e. The van der Waals surface area contributed by atoms with E-state index in [-0.39, 0.29) is 7.43 Å². The lowest BCUT2D eigenvalue weighted by atomic mass is 10.2. The van der Waals surface area contributed by atoms with E-state index in [1.807, 2.05) is 93.9 Å². The van der Waals surface area contributed by atoms with Crippen LogP contribution in [0, 0.1) is 13.8 Å². The zero-order chi connectivity index (χ0) is 31.9. The Hall–Kier alpha value is -4.97. The molecule has 0 atom stereocenters. The van der Waals surface area contributed by atoms with E-state index in [1.54, 1.807) is 26.9 Å². The van der Waals surface area contributed by atoms with Crippen molar-refractivity contribution in [1.82, 2.24) is 49.1 Å². The number of rotatable bonds is 10. The van der Waals surface area contributed by atoms with Crippen LogP contribution >= 0.6 is 11.6 Å². The Morgan fingerprint density at radius 1 is 0.696 bits per heavy atom. The fourth-order valence-corrected chi connectivity index (χ4v) is 5.17. The largest absolute Gasteiger partial charge is 0.497 e. The number of hydrogen-bond donors (Lipinski definition) is 0. The van der Waals surface area contributed by atoms with Gasteiger partial charge in [0.25, 0.3) is 0 Å². The Balaban J connectivity index is 0.000000205. The molecule has 6 aromatic rings. The highest BCUT2D eigenvalue weighted by molar-refractivity contribution is 6.33. The number of nitrogens with zero attached hydrogens (tertiary/aromatic N) is 10. The van der Waals surface area contributed by atoms with Crippen molar-refractivity contribution in [1.29, 1.82) is 0 Å². The summed E-state index contributed by atoms with van der Waals surface area (Å²) in [5.74, 6) is 3.24. The molecular formula is C33H41ClN10O2. The summed E-state index contributed by atoms with van der Waals surface area (Å²) in [6.07, 6.45) is 3.46. The Morgan fingerprint density at radius 2 is 1.20 bits per heavy atom. The third kappa shape index (κ3) is 7.45. The molecule has 0 unspecified atom stereocenters. The standard InChI is InChI=1S/C16H18ClN5O.C16H19N5O.CH4/c1-4-22-15(14(17)11(2)20-22)16-19-18-10-21(16)9-12-5-7-13(23-3)8-6-12;1-4-21-15(9-12(2)19-21)16-18-17-11-20(16)10-13-5-7-14(22-3)8-6-13;/h5-8,10H,4,9H2,1-3H3;5-9,11H,4,10H2,1-3H3;1H4. The summed E-state index contributed by atoms with van der Waals surface area (Å²) in [5.41, 5.74) is 5.87. The van der Waals surface area contributed by atoms with Gasteiger partial charge >= 0.3 is 0 Å². The number of hydrogen-bond acceptors (Lipinski definition) is 8. The van der Waals surface area contributed by atoms with Crippen molar-refractivity contribution in [3.63, 3.8) is 0 Å². The minimum absolute atomic E-state index is 0. The number of halogens is 1. The Morgan fingerprint density at radius 3 is 1.70 bits per heavy atom. The van der Waals surface area contributed by atoms with Gasteiger partial charge in [0.15, 0.2) is 11.6 Å². The first-order valence-electron chi connectivity index (χ1n) is 14.6. The van der Waals surface area contributed by atoms with E-state index in [1.165, 1.54) is 5.56 Å². The molecule has 0 amide bonds. The maximum absolute atomic E-state index is 6.42. The zero-order valence-electron chi connectivity index (χ0n) is 26.3. The fourth-order valence-electron chi connectivity index (χ4n) is 4.95. The monoisotopic (exact) mass is 644 g/mol. The molecule has 0 fully saturated rings. The third-order valence-corrected chi connectivity index (χ3v) is 7.70. The second-order valence-corrected chi connectivity index (χ2v) is 10.7. The van der Waals surface area contributed by atoms with Gasteiger partial charge < -0.3 is 18.6 Å². The molecule has 4 heterocycles. The first kappa shape index (κ1) is 33.9. The van der Waals surface area contributed by atoms with Gasteiger partial charge in [-0.2, -0.15) is 10.2 Å². The summed E-state index contributed by atoms with van der Waals surface area (Å²) in [5, 5.41) is 26.1. The molecule has 0 spiro atoms. The summed E-state index contributed by atoms with van der Waals surface area (Å²) in [6.45, 7) is 10.9. The molecule has 46 heavy (non-hydrogen) atoms. The quantitative estimate of drug-likeness (QED) is 0.170. The van der Waals surface area contributed by atoms with Crippen LogP contribution in [-0.2, 0) is 26.2 Å². The number of methoxy groups -OCH3 is 2. The van der Waals surface area contributed by atoms with E-state index in [2.05, 4.69) is 37.5 Å². The van der Waals surface area contributed by atoms with Gasteiger partial charge in [-0.05, 0) is 69.2 Å². The van der Waals surface area contributed by atoms with Crippen LogP contribution in [-0.4, -0.2) is 63.3 Å². The van der Waals surface area contributed by atoms with Crippen molar-refractivity contribution in [2.75, 3.05) is 14.2 Å². The van der Waals surface area contributed by atoms with Crippen molar-refractivity contribution >= 4 is 11.6 Å². The molecule has 6 rings (SSSR count). The summed E-state index contributed by atoms with van der Waals surface area (Å²) in [6, 6.07) is 18.0. The SMILES string of the molecule is C.CCn1nc(C)c(Cl)c1-c1nncn1Cc1ccc(OC)cc1.CCn1nc(C)cc1-c1nncn1Cc1ccc(OC)cc1. The second-order valence-electron chi connectivity index (χ2n) is 10.3. The van der Waals surface area contributed by atoms with Gasteiger partial charge in [0.05, 0.1) is 43.7 Å². The van der Waals surface area contributed by atoms with E-state index in [0.29, 0.717) is 23.9 Å². The number of benzene rings is 2. The predicted octanol–water partition coefficient (Wildman–Crippen LogP) is 6.34. The van der Waals surface area contributed by atoms with Crippen molar-refractivity contribution < 1.29 is 9.47 Å². The van der Waals surface area contributed by atoms with Crippen LogP contribution in [0.2, 0.25) is 5.02 Å². The molecule has 242 valence electrons. The van der Waals surface area contributed by atoms with Crippen LogP contribution in [0.15, 0.2) is 67.3 Å². The Bertz CT molecular complexity index is 1840. The lowest BCUT2D eigenvalue weighted by molar-refractivity contribution is 0.414. The van der Waals surface area contributed by atoms with Crippen LogP contribution in [0.5, 0.6) is 11.5 Å². The van der Waals surface area contributed by atoms with Gasteiger partial charge in [-0.1, -0.05) is 43.3 Å². The van der Waals surface area contributed by atoms with E-state index in [0.717, 1.165) is 58.8 Å². The third-order valence-electron chi connectivity index (χ3n) is 7.25. The first-order valence-corrected chi connectivity index (χ1v) is 15.0. The highest BCUT2D eigenvalue weighted by atomic mass is 35.5. The van der Waals surface area contributed by atoms with Crippen LogP contribution in [0.25, 0.3) is 23.0 Å². The average molecular weight is 645 g/mol. The summed E-state index contributed by atoms with van der Waals surface area (Å²) >= 11 is 6.42. The molecule has 0 aliphatic heterocycles. The van der Waals surface area contributed by atoms with Crippen molar-refractivity contribution in [2.24, 2.45) is 0 Å². The van der Waals surface area contributed by atoms with Crippen LogP contribution in [0.1, 0.15) is 43.8 Å². The molecule has 4 aromatic heterocycles. The molecule has 0 aliphatic rings. The number of aryl methyl sites for hydroxylation is 4. The Kier molecular flexibility index (Phi) is 11.3. The van der Waals surface area contributed by atoms with Gasteiger partial charge in [0.1, 0.15) is 35.5 Å². The van der Waals surface area contributed by atoms with Crippen LogP contribution < -0.4 is 9.47 Å². The van der Waals surface area contributed by atoms with Gasteiger partial charge in [0, 0.05) is 13.1 Å². The summed E-state index contributed by atoms with van der Waals surface area (Å²) < 4.78 is 18.2. The average Bonchev–Trinajstić information content (AvgIpc) is 3.85. The zero-order valence-corrected chi connectivity index (χ0v) is 27.1. The second kappa shape index (κ2) is 15.3. The lowest BCUT2D eigenvalue weighted by Crippen LogP contribution is -2.06. The van der Waals surface area contributed by atoms with E-state index in [9.17, 15) is 0 Å². The predicted molar refractivity (Wildman–Crippen MR) is 179 cm³/mol. The van der Waals surface area contributed by atoms with Gasteiger partial charge in [0.2, 0.25) is 0 Å².